The van der Waals surface area contributed by atoms with Crippen LogP contribution >= 0.6 is 0 Å². The standard InChI is InChI=1S/C13H21N3O/c1-16-13(17)9-11-4-2-3-10(7-8-14)5-6-12(11)15-16/h9-10H,2-8,14H2,1H3. The molecule has 17 heavy (non-hydrogen) atoms. The third-order valence-electron chi connectivity index (χ3n) is 3.68. The summed E-state index contributed by atoms with van der Waals surface area (Å²) in [6, 6.07) is 1.76. The molecule has 0 saturated heterocycles. The lowest BCUT2D eigenvalue weighted by Gasteiger charge is -2.20. The van der Waals surface area contributed by atoms with E-state index in [4.69, 9.17) is 5.73 Å². The highest BCUT2D eigenvalue weighted by Crippen LogP contribution is 2.23. The summed E-state index contributed by atoms with van der Waals surface area (Å²) in [5, 5.41) is 4.38. The first-order valence-electron chi connectivity index (χ1n) is 6.47. The average molecular weight is 235 g/mol. The lowest BCUT2D eigenvalue weighted by Crippen LogP contribution is -2.23. The Morgan fingerprint density at radius 3 is 3.06 bits per heavy atom. The van der Waals surface area contributed by atoms with Crippen molar-refractivity contribution in [2.24, 2.45) is 18.7 Å². The van der Waals surface area contributed by atoms with Gasteiger partial charge in [0.1, 0.15) is 0 Å². The summed E-state index contributed by atoms with van der Waals surface area (Å²) in [5.41, 5.74) is 7.89. The number of fused-ring (bicyclic) bond motifs is 1. The van der Waals surface area contributed by atoms with Crippen molar-refractivity contribution in [1.82, 2.24) is 9.78 Å². The Labute approximate surface area is 102 Å². The molecule has 0 radical (unpaired) electrons. The summed E-state index contributed by atoms with van der Waals surface area (Å²) < 4.78 is 1.44. The van der Waals surface area contributed by atoms with E-state index in [2.05, 4.69) is 5.10 Å². The van der Waals surface area contributed by atoms with Crippen molar-refractivity contribution >= 4 is 0 Å². The second-order valence-corrected chi connectivity index (χ2v) is 4.95. The number of rotatable bonds is 2. The first-order valence-corrected chi connectivity index (χ1v) is 6.47. The molecule has 4 heteroatoms. The van der Waals surface area contributed by atoms with Crippen molar-refractivity contribution in [1.29, 1.82) is 0 Å². The van der Waals surface area contributed by atoms with E-state index in [-0.39, 0.29) is 5.56 Å². The zero-order valence-electron chi connectivity index (χ0n) is 10.5. The van der Waals surface area contributed by atoms with Crippen LogP contribution in [-0.4, -0.2) is 16.3 Å². The molecule has 0 spiro atoms. The van der Waals surface area contributed by atoms with Crippen molar-refractivity contribution in [3.05, 3.63) is 27.7 Å². The minimum absolute atomic E-state index is 0.00262. The highest BCUT2D eigenvalue weighted by Gasteiger charge is 2.15. The van der Waals surface area contributed by atoms with E-state index in [0.29, 0.717) is 0 Å². The second-order valence-electron chi connectivity index (χ2n) is 4.95. The summed E-state index contributed by atoms with van der Waals surface area (Å²) in [5.74, 6) is 0.729. The molecule has 1 aliphatic rings. The molecule has 1 aromatic rings. The van der Waals surface area contributed by atoms with Gasteiger partial charge in [0.05, 0.1) is 5.69 Å². The zero-order valence-corrected chi connectivity index (χ0v) is 10.5. The Morgan fingerprint density at radius 2 is 2.29 bits per heavy atom. The van der Waals surface area contributed by atoms with Crippen LogP contribution in [0.3, 0.4) is 0 Å². The molecule has 0 bridgehead atoms. The number of aryl methyl sites for hydroxylation is 3. The molecule has 1 unspecified atom stereocenters. The van der Waals surface area contributed by atoms with Crippen LogP contribution in [0.15, 0.2) is 10.9 Å². The van der Waals surface area contributed by atoms with E-state index in [9.17, 15) is 4.79 Å². The third kappa shape index (κ3) is 2.94. The minimum atomic E-state index is 0.00262. The molecule has 0 aliphatic heterocycles. The van der Waals surface area contributed by atoms with Gasteiger partial charge in [0, 0.05) is 13.1 Å². The molecule has 2 rings (SSSR count). The third-order valence-corrected chi connectivity index (χ3v) is 3.68. The maximum absolute atomic E-state index is 11.5. The van der Waals surface area contributed by atoms with Gasteiger partial charge in [-0.1, -0.05) is 6.42 Å². The molecule has 94 valence electrons. The lowest BCUT2D eigenvalue weighted by atomic mass is 9.88. The smallest absolute Gasteiger partial charge is 0.266 e. The predicted molar refractivity (Wildman–Crippen MR) is 67.9 cm³/mol. The second kappa shape index (κ2) is 5.45. The zero-order chi connectivity index (χ0) is 12.3. The number of hydrogen-bond donors (Lipinski definition) is 1. The van der Waals surface area contributed by atoms with Gasteiger partial charge in [-0.25, -0.2) is 4.68 Å². The fourth-order valence-electron chi connectivity index (χ4n) is 2.64. The van der Waals surface area contributed by atoms with Gasteiger partial charge in [-0.3, -0.25) is 4.79 Å². The molecule has 4 nitrogen and oxygen atoms in total. The summed E-state index contributed by atoms with van der Waals surface area (Å²) in [6.45, 7) is 0.776. The molecule has 1 atom stereocenters. The van der Waals surface area contributed by atoms with Crippen molar-refractivity contribution in [3.8, 4) is 0 Å². The van der Waals surface area contributed by atoms with Gasteiger partial charge in [-0.2, -0.15) is 5.10 Å². The first-order chi connectivity index (χ1) is 8.20. The molecule has 0 fully saturated rings. The van der Waals surface area contributed by atoms with Gasteiger partial charge in [0.2, 0.25) is 0 Å². The van der Waals surface area contributed by atoms with Crippen LogP contribution < -0.4 is 11.3 Å². The molecule has 2 N–H and O–H groups in total. The Morgan fingerprint density at radius 1 is 1.47 bits per heavy atom. The maximum atomic E-state index is 11.5. The summed E-state index contributed by atoms with van der Waals surface area (Å²) in [7, 11) is 1.72. The van der Waals surface area contributed by atoms with Crippen molar-refractivity contribution in [3.63, 3.8) is 0 Å². The quantitative estimate of drug-likeness (QED) is 0.832. The number of nitrogens with zero attached hydrogens (tertiary/aromatic N) is 2. The van der Waals surface area contributed by atoms with E-state index in [1.165, 1.54) is 11.1 Å². The average Bonchev–Trinajstić information content (AvgIpc) is 2.28. The van der Waals surface area contributed by atoms with Gasteiger partial charge in [-0.05, 0) is 50.1 Å². The van der Waals surface area contributed by atoms with E-state index < -0.39 is 0 Å². The van der Waals surface area contributed by atoms with E-state index in [1.54, 1.807) is 13.1 Å². The van der Waals surface area contributed by atoms with Crippen LogP contribution in [0.25, 0.3) is 0 Å². The molecule has 0 saturated carbocycles. The molecule has 1 aromatic heterocycles. The van der Waals surface area contributed by atoms with Crippen LogP contribution in [0, 0.1) is 5.92 Å². The normalized spacial score (nSPS) is 20.5. The predicted octanol–water partition coefficient (Wildman–Crippen LogP) is 1.01. The first kappa shape index (κ1) is 12.3. The fraction of sp³-hybridized carbons (Fsp3) is 0.692. The fourth-order valence-corrected chi connectivity index (χ4v) is 2.64. The van der Waals surface area contributed by atoms with Crippen molar-refractivity contribution in [2.45, 2.75) is 38.5 Å². The van der Waals surface area contributed by atoms with Crippen LogP contribution in [0.1, 0.15) is 36.9 Å². The Balaban J connectivity index is 2.18. The van der Waals surface area contributed by atoms with Gasteiger partial charge in [0.25, 0.3) is 5.56 Å². The summed E-state index contributed by atoms with van der Waals surface area (Å²) >= 11 is 0. The van der Waals surface area contributed by atoms with Crippen LogP contribution in [0.5, 0.6) is 0 Å². The van der Waals surface area contributed by atoms with Gasteiger partial charge >= 0.3 is 0 Å². The molecule has 1 aliphatic carbocycles. The molecule has 0 amide bonds. The topological polar surface area (TPSA) is 60.9 Å². The van der Waals surface area contributed by atoms with Crippen molar-refractivity contribution < 1.29 is 0 Å². The highest BCUT2D eigenvalue weighted by molar-refractivity contribution is 5.18. The number of aromatic nitrogens is 2. The van der Waals surface area contributed by atoms with Crippen LogP contribution in [0.2, 0.25) is 0 Å². The minimum Gasteiger partial charge on any atom is -0.330 e. The Hall–Kier alpha value is -1.16. The summed E-state index contributed by atoms with van der Waals surface area (Å²) in [6.07, 6.45) is 6.60. The number of nitrogens with two attached hydrogens (primary N) is 1. The number of hydrogen-bond acceptors (Lipinski definition) is 3. The van der Waals surface area contributed by atoms with Gasteiger partial charge in [0.15, 0.2) is 0 Å². The van der Waals surface area contributed by atoms with Gasteiger partial charge in [-0.15, -0.1) is 0 Å². The molecule has 1 heterocycles. The van der Waals surface area contributed by atoms with Crippen LogP contribution in [-0.2, 0) is 19.9 Å². The van der Waals surface area contributed by atoms with E-state index in [1.807, 2.05) is 0 Å². The lowest BCUT2D eigenvalue weighted by molar-refractivity contribution is 0.399. The SMILES string of the molecule is Cn1nc2c(cc1=O)CCCC(CCN)CC2. The van der Waals surface area contributed by atoms with E-state index in [0.717, 1.165) is 55.8 Å². The monoisotopic (exact) mass is 235 g/mol. The molecular weight excluding hydrogens is 214 g/mol. The Kier molecular flexibility index (Phi) is 3.94. The van der Waals surface area contributed by atoms with Crippen LogP contribution in [0.4, 0.5) is 0 Å². The van der Waals surface area contributed by atoms with Crippen molar-refractivity contribution in [2.75, 3.05) is 6.54 Å². The molecule has 0 aromatic carbocycles. The summed E-state index contributed by atoms with van der Waals surface area (Å²) in [4.78, 5) is 11.5. The van der Waals surface area contributed by atoms with E-state index >= 15 is 0 Å². The largest absolute Gasteiger partial charge is 0.330 e. The molecular formula is C13H21N3O. The maximum Gasteiger partial charge on any atom is 0.266 e. The van der Waals surface area contributed by atoms with Gasteiger partial charge < -0.3 is 5.73 Å². The Bertz CT molecular complexity index is 439. The highest BCUT2D eigenvalue weighted by atomic mass is 16.1.